The normalized spacial score (nSPS) is 11.9. The van der Waals surface area contributed by atoms with E-state index < -0.39 is 17.9 Å². The molecule has 0 aliphatic heterocycles. The predicted octanol–water partition coefficient (Wildman–Crippen LogP) is 3.53. The highest BCUT2D eigenvalue weighted by atomic mass is 16.5. The van der Waals surface area contributed by atoms with Crippen LogP contribution in [0.1, 0.15) is 55.3 Å². The monoisotopic (exact) mass is 412 g/mol. The van der Waals surface area contributed by atoms with Crippen LogP contribution in [0, 0.1) is 13.8 Å². The lowest BCUT2D eigenvalue weighted by molar-refractivity contribution is 0.0572. The number of Topliss-reactive ketones (excluding diaryl/α,β-unsaturated/α-hetero) is 1. The van der Waals surface area contributed by atoms with Crippen LogP contribution in [-0.4, -0.2) is 40.3 Å². The van der Waals surface area contributed by atoms with Crippen molar-refractivity contribution in [1.82, 2.24) is 9.47 Å². The van der Waals surface area contributed by atoms with Gasteiger partial charge in [-0.2, -0.15) is 0 Å². The molecule has 0 spiro atoms. The minimum atomic E-state index is -0.835. The molecule has 0 aliphatic rings. The minimum Gasteiger partial charge on any atom is -0.467 e. The summed E-state index contributed by atoms with van der Waals surface area (Å²) in [7, 11) is 2.99. The summed E-state index contributed by atoms with van der Waals surface area (Å²) in [6.07, 6.45) is 2.91. The topological polar surface area (TPSA) is 94.9 Å². The van der Waals surface area contributed by atoms with Gasteiger partial charge < -0.3 is 23.0 Å². The smallest absolute Gasteiger partial charge is 0.354 e. The number of furan rings is 2. The Morgan fingerprint density at radius 2 is 1.80 bits per heavy atom. The number of amides is 1. The molecule has 8 nitrogen and oxygen atoms in total. The molecule has 0 bridgehead atoms. The van der Waals surface area contributed by atoms with Crippen LogP contribution in [0.4, 0.5) is 0 Å². The Kier molecular flexibility index (Phi) is 5.96. The van der Waals surface area contributed by atoms with Gasteiger partial charge in [-0.25, -0.2) is 4.79 Å². The first-order valence-electron chi connectivity index (χ1n) is 9.43. The highest BCUT2D eigenvalue weighted by molar-refractivity contribution is 6.07. The Hall–Kier alpha value is -3.55. The predicted molar refractivity (Wildman–Crippen MR) is 107 cm³/mol. The summed E-state index contributed by atoms with van der Waals surface area (Å²) >= 11 is 0. The number of ketones is 1. The number of nitrogens with zero attached hydrogens (tertiary/aromatic N) is 2. The second-order valence-corrected chi connectivity index (χ2v) is 7.01. The summed E-state index contributed by atoms with van der Waals surface area (Å²) in [4.78, 5) is 40.1. The van der Waals surface area contributed by atoms with Crippen molar-refractivity contribution in [1.29, 1.82) is 0 Å². The molecular formula is C22H24N2O6. The number of carbonyl (C=O) groups is 3. The fourth-order valence-electron chi connectivity index (χ4n) is 3.57. The largest absolute Gasteiger partial charge is 0.467 e. The zero-order valence-electron chi connectivity index (χ0n) is 17.6. The fraction of sp³-hybridized carbons (Fsp3) is 0.318. The summed E-state index contributed by atoms with van der Waals surface area (Å²) in [5, 5.41) is 0. The van der Waals surface area contributed by atoms with E-state index in [2.05, 4.69) is 0 Å². The van der Waals surface area contributed by atoms with E-state index in [4.69, 9.17) is 13.6 Å². The number of esters is 1. The number of aromatic nitrogens is 1. The van der Waals surface area contributed by atoms with E-state index in [9.17, 15) is 14.4 Å². The number of ether oxygens (including phenoxy) is 1. The van der Waals surface area contributed by atoms with Crippen molar-refractivity contribution < 1.29 is 28.0 Å². The molecule has 8 heteroatoms. The van der Waals surface area contributed by atoms with Gasteiger partial charge >= 0.3 is 5.97 Å². The van der Waals surface area contributed by atoms with Crippen molar-refractivity contribution in [3.05, 3.63) is 70.8 Å². The van der Waals surface area contributed by atoms with Gasteiger partial charge in [-0.15, -0.1) is 0 Å². The molecule has 3 aromatic rings. The average molecular weight is 412 g/mol. The van der Waals surface area contributed by atoms with Crippen molar-refractivity contribution in [2.75, 3.05) is 7.11 Å². The summed E-state index contributed by atoms with van der Waals surface area (Å²) in [6, 6.07) is 5.76. The van der Waals surface area contributed by atoms with Gasteiger partial charge in [0.05, 0.1) is 32.2 Å². The van der Waals surface area contributed by atoms with Crippen LogP contribution in [0.3, 0.4) is 0 Å². The molecule has 3 rings (SSSR count). The molecule has 0 N–H and O–H groups in total. The molecule has 1 atom stereocenters. The minimum absolute atomic E-state index is 0.0915. The second kappa shape index (κ2) is 8.44. The van der Waals surface area contributed by atoms with Crippen molar-refractivity contribution in [2.45, 2.75) is 33.4 Å². The number of carbonyl (C=O) groups excluding carboxylic acids is 3. The van der Waals surface area contributed by atoms with Crippen LogP contribution < -0.4 is 0 Å². The first kappa shape index (κ1) is 21.2. The number of rotatable bonds is 7. The van der Waals surface area contributed by atoms with Crippen LogP contribution in [0.2, 0.25) is 0 Å². The molecule has 0 radical (unpaired) electrons. The zero-order chi connectivity index (χ0) is 22.0. The molecule has 0 saturated heterocycles. The van der Waals surface area contributed by atoms with Crippen LogP contribution in [0.15, 0.2) is 45.6 Å². The lowest BCUT2D eigenvalue weighted by Crippen LogP contribution is -2.43. The molecule has 0 aliphatic carbocycles. The first-order valence-corrected chi connectivity index (χ1v) is 9.43. The lowest BCUT2D eigenvalue weighted by atomic mass is 9.99. The average Bonchev–Trinajstić information content (AvgIpc) is 3.47. The van der Waals surface area contributed by atoms with Gasteiger partial charge in [-0.3, -0.25) is 9.59 Å². The van der Waals surface area contributed by atoms with Gasteiger partial charge in [-0.05, 0) is 50.6 Å². The van der Waals surface area contributed by atoms with E-state index in [1.54, 1.807) is 56.7 Å². The molecule has 0 saturated carbocycles. The van der Waals surface area contributed by atoms with Crippen molar-refractivity contribution in [3.8, 4) is 0 Å². The third-order valence-corrected chi connectivity index (χ3v) is 5.30. The maximum absolute atomic E-state index is 13.5. The zero-order valence-corrected chi connectivity index (χ0v) is 17.6. The van der Waals surface area contributed by atoms with Crippen LogP contribution in [-0.2, 0) is 18.3 Å². The van der Waals surface area contributed by atoms with Crippen molar-refractivity contribution in [3.63, 3.8) is 0 Å². The number of hydrogen-bond acceptors (Lipinski definition) is 6. The molecule has 1 amide bonds. The third kappa shape index (κ3) is 3.68. The Labute approximate surface area is 174 Å². The Morgan fingerprint density at radius 1 is 1.13 bits per heavy atom. The summed E-state index contributed by atoms with van der Waals surface area (Å²) < 4.78 is 17.1. The highest BCUT2D eigenvalue weighted by Crippen LogP contribution is 2.26. The molecular weight excluding hydrogens is 388 g/mol. The van der Waals surface area contributed by atoms with E-state index in [-0.39, 0.29) is 18.1 Å². The summed E-state index contributed by atoms with van der Waals surface area (Å²) in [5.74, 6) is -0.591. The maximum atomic E-state index is 13.5. The molecule has 0 unspecified atom stereocenters. The van der Waals surface area contributed by atoms with Gasteiger partial charge in [0, 0.05) is 18.3 Å². The molecule has 0 aromatic carbocycles. The molecule has 0 fully saturated rings. The summed E-state index contributed by atoms with van der Waals surface area (Å²) in [6.45, 7) is 5.19. The van der Waals surface area contributed by atoms with Gasteiger partial charge in [0.2, 0.25) is 0 Å². The van der Waals surface area contributed by atoms with E-state index in [0.717, 1.165) is 0 Å². The Balaban J connectivity index is 2.00. The third-order valence-electron chi connectivity index (χ3n) is 5.30. The second-order valence-electron chi connectivity index (χ2n) is 7.01. The van der Waals surface area contributed by atoms with Gasteiger partial charge in [0.1, 0.15) is 11.5 Å². The van der Waals surface area contributed by atoms with Gasteiger partial charge in [0.15, 0.2) is 11.5 Å². The van der Waals surface area contributed by atoms with Crippen molar-refractivity contribution in [2.24, 2.45) is 7.05 Å². The van der Waals surface area contributed by atoms with Gasteiger partial charge in [0.25, 0.3) is 5.91 Å². The van der Waals surface area contributed by atoms with Crippen LogP contribution >= 0.6 is 0 Å². The Morgan fingerprint density at radius 3 is 2.37 bits per heavy atom. The van der Waals surface area contributed by atoms with Gasteiger partial charge in [-0.1, -0.05) is 0 Å². The van der Waals surface area contributed by atoms with Crippen LogP contribution in [0.25, 0.3) is 0 Å². The van der Waals surface area contributed by atoms with Crippen LogP contribution in [0.5, 0.6) is 0 Å². The first-order chi connectivity index (χ1) is 14.3. The standard InChI is InChI=1S/C22H24N2O6/c1-13-18(14(2)23(4)19(13)22(27)28-5)20(25)15(3)24(12-16-8-6-10-29-16)21(26)17-9-7-11-30-17/h6-11,15H,12H2,1-5H3/t15-/m0/s1. The molecule has 158 valence electrons. The molecule has 3 aromatic heterocycles. The van der Waals surface area contributed by atoms with E-state index >= 15 is 0 Å². The Bertz CT molecular complexity index is 1060. The summed E-state index contributed by atoms with van der Waals surface area (Å²) in [5.41, 5.74) is 1.83. The maximum Gasteiger partial charge on any atom is 0.354 e. The number of methoxy groups -OCH3 is 1. The van der Waals surface area contributed by atoms with Crippen molar-refractivity contribution >= 4 is 17.7 Å². The highest BCUT2D eigenvalue weighted by Gasteiger charge is 2.34. The SMILES string of the molecule is COC(=O)c1c(C)c(C(=O)[C@H](C)N(Cc2ccco2)C(=O)c2ccco2)c(C)n1C. The lowest BCUT2D eigenvalue weighted by Gasteiger charge is -2.27. The van der Waals surface area contributed by atoms with E-state index in [0.29, 0.717) is 28.3 Å². The molecule has 30 heavy (non-hydrogen) atoms. The quantitative estimate of drug-likeness (QED) is 0.435. The molecule has 3 heterocycles. The van der Waals surface area contributed by atoms with E-state index in [1.807, 2.05) is 0 Å². The number of hydrogen-bond donors (Lipinski definition) is 0. The van der Waals surface area contributed by atoms with E-state index in [1.165, 1.54) is 24.5 Å². The fourth-order valence-corrected chi connectivity index (χ4v) is 3.57.